The van der Waals surface area contributed by atoms with Crippen LogP contribution < -0.4 is 10.6 Å². The molecule has 1 aliphatic heterocycles. The lowest BCUT2D eigenvalue weighted by atomic mass is 9.96. The Bertz CT molecular complexity index is 801. The largest absolute Gasteiger partial charge is 0.410 e. The van der Waals surface area contributed by atoms with Gasteiger partial charge in [0.15, 0.2) is 6.04 Å². The van der Waals surface area contributed by atoms with Crippen LogP contribution in [-0.2, 0) is 0 Å². The second-order valence-corrected chi connectivity index (χ2v) is 7.26. The molecule has 1 aromatic heterocycles. The number of hydrogen-bond acceptors (Lipinski definition) is 3. The van der Waals surface area contributed by atoms with E-state index in [1.807, 2.05) is 26.8 Å². The van der Waals surface area contributed by atoms with Crippen molar-refractivity contribution in [1.82, 2.24) is 15.1 Å². The van der Waals surface area contributed by atoms with Gasteiger partial charge in [-0.3, -0.25) is 4.79 Å². The minimum atomic E-state index is -4.46. The molecule has 5 nitrogen and oxygen atoms in total. The van der Waals surface area contributed by atoms with Crippen LogP contribution in [0.25, 0.3) is 0 Å². The van der Waals surface area contributed by atoms with Gasteiger partial charge in [0.1, 0.15) is 11.4 Å². The summed E-state index contributed by atoms with van der Waals surface area (Å²) in [5.41, 5.74) is 0.860. The number of nitrogens with one attached hydrogen (secondary N) is 2. The van der Waals surface area contributed by atoms with Crippen molar-refractivity contribution >= 4 is 11.7 Å². The third-order valence-corrected chi connectivity index (χ3v) is 5.04. The Morgan fingerprint density at radius 2 is 1.93 bits per heavy atom. The molecule has 1 amide bonds. The SMILES string of the molecule is CC(C)C(C)NC(=O)c1cnn2c1NC(c1ccccc1)CC2C(F)(F)F. The molecule has 0 radical (unpaired) electrons. The van der Waals surface area contributed by atoms with Gasteiger partial charge >= 0.3 is 6.18 Å². The van der Waals surface area contributed by atoms with E-state index in [0.717, 1.165) is 10.2 Å². The van der Waals surface area contributed by atoms with Crippen LogP contribution in [0.2, 0.25) is 0 Å². The van der Waals surface area contributed by atoms with E-state index < -0.39 is 24.2 Å². The highest BCUT2D eigenvalue weighted by molar-refractivity contribution is 5.99. The first-order chi connectivity index (χ1) is 12.7. The molecule has 146 valence electrons. The van der Waals surface area contributed by atoms with E-state index in [1.54, 1.807) is 24.3 Å². The van der Waals surface area contributed by atoms with Crippen molar-refractivity contribution < 1.29 is 18.0 Å². The summed E-state index contributed by atoms with van der Waals surface area (Å²) >= 11 is 0. The average Bonchev–Trinajstić information content (AvgIpc) is 3.04. The standard InChI is InChI=1S/C19H23F3N4O/c1-11(2)12(3)24-18(27)14-10-23-26-16(19(20,21)22)9-15(25-17(14)26)13-7-5-4-6-8-13/h4-8,10-12,15-16,25H,9H2,1-3H3,(H,24,27). The molecule has 0 spiro atoms. The van der Waals surface area contributed by atoms with Gasteiger partial charge in [-0.05, 0) is 18.4 Å². The number of carbonyl (C=O) groups is 1. The van der Waals surface area contributed by atoms with Crippen LogP contribution >= 0.6 is 0 Å². The van der Waals surface area contributed by atoms with Crippen molar-refractivity contribution in [2.45, 2.75) is 51.5 Å². The fourth-order valence-electron chi connectivity index (χ4n) is 3.08. The van der Waals surface area contributed by atoms with Crippen LogP contribution in [0.15, 0.2) is 36.5 Å². The summed E-state index contributed by atoms with van der Waals surface area (Å²) in [4.78, 5) is 12.6. The van der Waals surface area contributed by atoms with Crippen molar-refractivity contribution in [1.29, 1.82) is 0 Å². The molecule has 0 saturated carbocycles. The summed E-state index contributed by atoms with van der Waals surface area (Å²) in [5.74, 6) is -0.126. The number of benzene rings is 1. The van der Waals surface area contributed by atoms with Crippen LogP contribution in [0, 0.1) is 5.92 Å². The summed E-state index contributed by atoms with van der Waals surface area (Å²) in [7, 11) is 0. The zero-order valence-corrected chi connectivity index (χ0v) is 15.4. The highest BCUT2D eigenvalue weighted by Gasteiger charge is 2.47. The van der Waals surface area contributed by atoms with Gasteiger partial charge in [-0.2, -0.15) is 18.3 Å². The van der Waals surface area contributed by atoms with Gasteiger partial charge in [-0.15, -0.1) is 0 Å². The molecular formula is C19H23F3N4O. The van der Waals surface area contributed by atoms with E-state index in [1.165, 1.54) is 6.20 Å². The zero-order chi connectivity index (χ0) is 19.8. The third-order valence-electron chi connectivity index (χ3n) is 5.04. The van der Waals surface area contributed by atoms with Crippen molar-refractivity contribution in [2.75, 3.05) is 5.32 Å². The maximum atomic E-state index is 13.6. The molecule has 8 heteroatoms. The molecule has 1 aromatic carbocycles. The first-order valence-corrected chi connectivity index (χ1v) is 8.95. The van der Waals surface area contributed by atoms with Gasteiger partial charge in [0.05, 0.1) is 12.2 Å². The van der Waals surface area contributed by atoms with Crippen LogP contribution in [-0.4, -0.2) is 27.9 Å². The van der Waals surface area contributed by atoms with Crippen molar-refractivity contribution in [2.24, 2.45) is 5.92 Å². The molecule has 2 aromatic rings. The number of hydrogen-bond donors (Lipinski definition) is 2. The Kier molecular flexibility index (Phi) is 5.17. The molecular weight excluding hydrogens is 357 g/mol. The van der Waals surface area contributed by atoms with Crippen molar-refractivity contribution in [3.8, 4) is 0 Å². The Morgan fingerprint density at radius 3 is 2.52 bits per heavy atom. The van der Waals surface area contributed by atoms with Gasteiger partial charge in [0, 0.05) is 12.5 Å². The summed E-state index contributed by atoms with van der Waals surface area (Å²) in [5, 5.41) is 9.79. The smallest absolute Gasteiger partial charge is 0.363 e. The van der Waals surface area contributed by atoms with Crippen molar-refractivity contribution in [3.63, 3.8) is 0 Å². The molecule has 1 aliphatic rings. The average molecular weight is 380 g/mol. The fourth-order valence-corrected chi connectivity index (χ4v) is 3.08. The minimum absolute atomic E-state index is 0.103. The molecule has 27 heavy (non-hydrogen) atoms. The van der Waals surface area contributed by atoms with E-state index in [2.05, 4.69) is 15.7 Å². The number of rotatable bonds is 4. The topological polar surface area (TPSA) is 59.0 Å². The lowest BCUT2D eigenvalue weighted by Crippen LogP contribution is -2.38. The fraction of sp³-hybridized carbons (Fsp3) is 0.474. The van der Waals surface area contributed by atoms with Crippen LogP contribution in [0.4, 0.5) is 19.0 Å². The van der Waals surface area contributed by atoms with Crippen LogP contribution in [0.1, 0.15) is 55.2 Å². The third kappa shape index (κ3) is 3.94. The molecule has 0 fully saturated rings. The summed E-state index contributed by atoms with van der Waals surface area (Å²) < 4.78 is 41.8. The number of nitrogens with zero attached hydrogens (tertiary/aromatic N) is 2. The number of fused-ring (bicyclic) bond motifs is 1. The number of anilines is 1. The number of alkyl halides is 3. The first kappa shape index (κ1) is 19.3. The molecule has 0 saturated heterocycles. The molecule has 2 N–H and O–H groups in total. The number of halogens is 3. The van der Waals surface area contributed by atoms with E-state index >= 15 is 0 Å². The summed E-state index contributed by atoms with van der Waals surface area (Å²) in [6.45, 7) is 5.78. The van der Waals surface area contributed by atoms with E-state index in [0.29, 0.717) is 0 Å². The van der Waals surface area contributed by atoms with Gasteiger partial charge in [0.2, 0.25) is 0 Å². The second-order valence-electron chi connectivity index (χ2n) is 7.26. The molecule has 3 unspecified atom stereocenters. The van der Waals surface area contributed by atoms with Gasteiger partial charge in [-0.1, -0.05) is 44.2 Å². The van der Waals surface area contributed by atoms with E-state index in [4.69, 9.17) is 0 Å². The minimum Gasteiger partial charge on any atom is -0.363 e. The van der Waals surface area contributed by atoms with Crippen molar-refractivity contribution in [3.05, 3.63) is 47.7 Å². The molecule has 0 aliphatic carbocycles. The number of carbonyl (C=O) groups excluding carboxylic acids is 1. The molecule has 0 bridgehead atoms. The van der Waals surface area contributed by atoms with Crippen LogP contribution in [0.5, 0.6) is 0 Å². The van der Waals surface area contributed by atoms with Gasteiger partial charge in [0.25, 0.3) is 5.91 Å². The maximum Gasteiger partial charge on any atom is 0.410 e. The van der Waals surface area contributed by atoms with Gasteiger partial charge in [-0.25, -0.2) is 4.68 Å². The Hall–Kier alpha value is -2.51. The number of aromatic nitrogens is 2. The monoisotopic (exact) mass is 380 g/mol. The van der Waals surface area contributed by atoms with Gasteiger partial charge < -0.3 is 10.6 Å². The summed E-state index contributed by atoms with van der Waals surface area (Å²) in [6, 6.07) is 6.46. The number of amides is 1. The Balaban J connectivity index is 1.97. The molecule has 3 rings (SSSR count). The van der Waals surface area contributed by atoms with E-state index in [-0.39, 0.29) is 29.8 Å². The maximum absolute atomic E-state index is 13.6. The predicted octanol–water partition coefficient (Wildman–Crippen LogP) is 4.32. The lowest BCUT2D eigenvalue weighted by Gasteiger charge is -2.34. The predicted molar refractivity (Wildman–Crippen MR) is 96.5 cm³/mol. The second kappa shape index (κ2) is 7.25. The summed E-state index contributed by atoms with van der Waals surface area (Å²) in [6.07, 6.45) is -3.45. The highest BCUT2D eigenvalue weighted by atomic mass is 19.4. The van der Waals surface area contributed by atoms with E-state index in [9.17, 15) is 18.0 Å². The highest BCUT2D eigenvalue weighted by Crippen LogP contribution is 2.44. The lowest BCUT2D eigenvalue weighted by molar-refractivity contribution is -0.173. The molecule has 2 heterocycles. The Labute approximate surface area is 155 Å². The van der Waals surface area contributed by atoms with Crippen LogP contribution in [0.3, 0.4) is 0 Å². The first-order valence-electron chi connectivity index (χ1n) is 8.95. The normalized spacial score (nSPS) is 20.7. The quantitative estimate of drug-likeness (QED) is 0.831. The zero-order valence-electron chi connectivity index (χ0n) is 15.4. The molecule has 3 atom stereocenters. The Morgan fingerprint density at radius 1 is 1.26 bits per heavy atom.